The van der Waals surface area contributed by atoms with Gasteiger partial charge < -0.3 is 5.32 Å². The first-order chi connectivity index (χ1) is 10.0. The number of halogens is 2. The number of likely N-dealkylation sites (N-methyl/N-ethyl adjacent to an activating group) is 1. The molecule has 0 aliphatic carbocycles. The van der Waals surface area contributed by atoms with Crippen molar-refractivity contribution in [2.24, 2.45) is 0 Å². The number of nitrogens with one attached hydrogen (secondary N) is 1. The Kier molecular flexibility index (Phi) is 5.54. The Hall–Kier alpha value is -1.19. The van der Waals surface area contributed by atoms with Crippen LogP contribution in [0.25, 0.3) is 0 Å². The molecule has 2 aromatic rings. The molecule has 0 spiro atoms. The van der Waals surface area contributed by atoms with Crippen LogP contribution in [-0.4, -0.2) is 6.54 Å². The van der Waals surface area contributed by atoms with Gasteiger partial charge in [0, 0.05) is 10.5 Å². The molecule has 0 radical (unpaired) electrons. The van der Waals surface area contributed by atoms with Crippen LogP contribution in [-0.2, 0) is 6.42 Å². The lowest BCUT2D eigenvalue weighted by atomic mass is 9.91. The number of rotatable bonds is 5. The molecule has 0 fully saturated rings. The third kappa shape index (κ3) is 3.92. The van der Waals surface area contributed by atoms with Crippen molar-refractivity contribution in [1.82, 2.24) is 5.32 Å². The van der Waals surface area contributed by atoms with Gasteiger partial charge in [0.15, 0.2) is 0 Å². The van der Waals surface area contributed by atoms with Crippen molar-refractivity contribution >= 4 is 15.9 Å². The largest absolute Gasteiger partial charge is 0.310 e. The molecule has 0 aliphatic rings. The maximum atomic E-state index is 14.1. The lowest BCUT2D eigenvalue weighted by Crippen LogP contribution is -2.25. The van der Waals surface area contributed by atoms with Crippen molar-refractivity contribution < 1.29 is 4.39 Å². The van der Waals surface area contributed by atoms with E-state index in [0.29, 0.717) is 6.42 Å². The highest BCUT2D eigenvalue weighted by molar-refractivity contribution is 9.10. The highest BCUT2D eigenvalue weighted by atomic mass is 79.9. The van der Waals surface area contributed by atoms with Gasteiger partial charge in [-0.05, 0) is 61.2 Å². The van der Waals surface area contributed by atoms with E-state index in [1.807, 2.05) is 12.1 Å². The Labute approximate surface area is 134 Å². The highest BCUT2D eigenvalue weighted by Crippen LogP contribution is 2.27. The van der Waals surface area contributed by atoms with Gasteiger partial charge in [-0.3, -0.25) is 0 Å². The first kappa shape index (κ1) is 16.2. The van der Waals surface area contributed by atoms with Gasteiger partial charge in [0.05, 0.1) is 0 Å². The lowest BCUT2D eigenvalue weighted by molar-refractivity contribution is 0.524. The fourth-order valence-electron chi connectivity index (χ4n) is 2.81. The molecule has 0 aromatic heterocycles. The summed E-state index contributed by atoms with van der Waals surface area (Å²) in [6.45, 7) is 7.17. The minimum absolute atomic E-state index is 0.131. The summed E-state index contributed by atoms with van der Waals surface area (Å²) in [6.07, 6.45) is 0.651. The van der Waals surface area contributed by atoms with E-state index in [1.165, 1.54) is 22.8 Å². The molecule has 21 heavy (non-hydrogen) atoms. The van der Waals surface area contributed by atoms with E-state index in [0.717, 1.165) is 16.6 Å². The van der Waals surface area contributed by atoms with E-state index in [2.05, 4.69) is 60.2 Å². The average Bonchev–Trinajstić information content (AvgIpc) is 2.41. The Morgan fingerprint density at radius 1 is 1.14 bits per heavy atom. The second kappa shape index (κ2) is 7.19. The number of benzene rings is 2. The molecule has 112 valence electrons. The van der Waals surface area contributed by atoms with Gasteiger partial charge >= 0.3 is 0 Å². The molecule has 0 saturated heterocycles. The third-order valence-electron chi connectivity index (χ3n) is 3.78. The summed E-state index contributed by atoms with van der Waals surface area (Å²) in [4.78, 5) is 0. The zero-order valence-corrected chi connectivity index (χ0v) is 14.3. The Morgan fingerprint density at radius 3 is 2.38 bits per heavy atom. The zero-order chi connectivity index (χ0) is 15.4. The van der Waals surface area contributed by atoms with E-state index in [-0.39, 0.29) is 11.9 Å². The van der Waals surface area contributed by atoms with Gasteiger partial charge in [-0.25, -0.2) is 4.39 Å². The van der Waals surface area contributed by atoms with E-state index in [1.54, 1.807) is 0 Å². The molecule has 1 nitrogen and oxygen atoms in total. The molecule has 2 rings (SSSR count). The van der Waals surface area contributed by atoms with Crippen molar-refractivity contribution in [2.45, 2.75) is 33.2 Å². The second-order valence-corrected chi connectivity index (χ2v) is 6.27. The van der Waals surface area contributed by atoms with Gasteiger partial charge in [-0.15, -0.1) is 0 Å². The second-order valence-electron chi connectivity index (χ2n) is 5.36. The predicted octanol–water partition coefficient (Wildman–Crippen LogP) is 5.10. The molecule has 0 heterocycles. The van der Waals surface area contributed by atoms with Crippen molar-refractivity contribution in [3.63, 3.8) is 0 Å². The molecule has 1 atom stereocenters. The van der Waals surface area contributed by atoms with E-state index < -0.39 is 0 Å². The number of hydrogen-bond donors (Lipinski definition) is 1. The van der Waals surface area contributed by atoms with Crippen LogP contribution in [0.4, 0.5) is 4.39 Å². The van der Waals surface area contributed by atoms with Crippen LogP contribution >= 0.6 is 15.9 Å². The molecule has 0 aliphatic heterocycles. The van der Waals surface area contributed by atoms with E-state index >= 15 is 0 Å². The van der Waals surface area contributed by atoms with Crippen molar-refractivity contribution in [1.29, 1.82) is 0 Å². The molecule has 0 amide bonds. The minimum Gasteiger partial charge on any atom is -0.310 e. The van der Waals surface area contributed by atoms with E-state index in [4.69, 9.17) is 0 Å². The van der Waals surface area contributed by atoms with Crippen LogP contribution in [0.1, 0.15) is 35.2 Å². The predicted molar refractivity (Wildman–Crippen MR) is 90.1 cm³/mol. The fraction of sp³-hybridized carbons (Fsp3) is 0.333. The first-order valence-electron chi connectivity index (χ1n) is 7.26. The number of aryl methyl sites for hydroxylation is 2. The molecular weight excluding hydrogens is 329 g/mol. The quantitative estimate of drug-likeness (QED) is 0.791. The van der Waals surface area contributed by atoms with E-state index in [9.17, 15) is 4.39 Å². The maximum Gasteiger partial charge on any atom is 0.127 e. The van der Waals surface area contributed by atoms with Crippen molar-refractivity contribution in [2.75, 3.05) is 6.54 Å². The van der Waals surface area contributed by atoms with Gasteiger partial charge in [0.25, 0.3) is 0 Å². The lowest BCUT2D eigenvalue weighted by Gasteiger charge is -2.23. The molecule has 0 bridgehead atoms. The SMILES string of the molecule is CCNC(Cc1ccc(Br)cc1F)c1c(C)cccc1C. The Bertz CT molecular complexity index is 604. The van der Waals surface area contributed by atoms with Crippen molar-refractivity contribution in [3.05, 3.63) is 68.9 Å². The standard InChI is InChI=1S/C18H21BrFN/c1-4-21-17(18-12(2)6-5-7-13(18)3)10-14-8-9-15(19)11-16(14)20/h5-9,11,17,21H,4,10H2,1-3H3. The van der Waals surface area contributed by atoms with Gasteiger partial charge in [-0.2, -0.15) is 0 Å². The first-order valence-corrected chi connectivity index (χ1v) is 8.05. The van der Waals surface area contributed by atoms with Gasteiger partial charge in [0.1, 0.15) is 5.82 Å². The summed E-state index contributed by atoms with van der Waals surface area (Å²) in [7, 11) is 0. The molecule has 2 aromatic carbocycles. The summed E-state index contributed by atoms with van der Waals surface area (Å²) in [5, 5.41) is 3.49. The molecule has 1 N–H and O–H groups in total. The fourth-order valence-corrected chi connectivity index (χ4v) is 3.14. The minimum atomic E-state index is -0.154. The van der Waals surface area contributed by atoms with Crippen LogP contribution in [0.15, 0.2) is 40.9 Å². The van der Waals surface area contributed by atoms with Crippen LogP contribution in [0, 0.1) is 19.7 Å². The third-order valence-corrected chi connectivity index (χ3v) is 4.27. The average molecular weight is 350 g/mol. The Balaban J connectivity index is 2.35. The summed E-state index contributed by atoms with van der Waals surface area (Å²) >= 11 is 3.31. The summed E-state index contributed by atoms with van der Waals surface area (Å²) in [5.74, 6) is -0.154. The van der Waals surface area contributed by atoms with Crippen LogP contribution < -0.4 is 5.32 Å². The van der Waals surface area contributed by atoms with Gasteiger partial charge in [-0.1, -0.05) is 47.1 Å². The normalized spacial score (nSPS) is 12.4. The Morgan fingerprint density at radius 2 is 1.81 bits per heavy atom. The monoisotopic (exact) mass is 349 g/mol. The number of hydrogen-bond acceptors (Lipinski definition) is 1. The molecular formula is C18H21BrFN. The van der Waals surface area contributed by atoms with Crippen LogP contribution in [0.3, 0.4) is 0 Å². The highest BCUT2D eigenvalue weighted by Gasteiger charge is 2.17. The zero-order valence-electron chi connectivity index (χ0n) is 12.7. The maximum absolute atomic E-state index is 14.1. The van der Waals surface area contributed by atoms with Gasteiger partial charge in [0.2, 0.25) is 0 Å². The summed E-state index contributed by atoms with van der Waals surface area (Å²) in [6, 6.07) is 11.7. The van der Waals surface area contributed by atoms with Crippen LogP contribution in [0.2, 0.25) is 0 Å². The molecule has 3 heteroatoms. The summed E-state index contributed by atoms with van der Waals surface area (Å²) in [5.41, 5.74) is 4.52. The molecule has 1 unspecified atom stereocenters. The van der Waals surface area contributed by atoms with Crippen molar-refractivity contribution in [3.8, 4) is 0 Å². The molecule has 0 saturated carbocycles. The summed E-state index contributed by atoms with van der Waals surface area (Å²) < 4.78 is 14.9. The smallest absolute Gasteiger partial charge is 0.127 e. The van der Waals surface area contributed by atoms with Crippen LogP contribution in [0.5, 0.6) is 0 Å². The topological polar surface area (TPSA) is 12.0 Å².